The highest BCUT2D eigenvalue weighted by molar-refractivity contribution is 5.73. The van der Waals surface area contributed by atoms with E-state index in [-0.39, 0.29) is 23.4 Å². The Kier molecular flexibility index (Phi) is 3.77. The van der Waals surface area contributed by atoms with E-state index in [1.807, 2.05) is 10.7 Å². The summed E-state index contributed by atoms with van der Waals surface area (Å²) in [5, 5.41) is 5.00. The Labute approximate surface area is 149 Å². The van der Waals surface area contributed by atoms with Crippen LogP contribution >= 0.6 is 0 Å². The van der Waals surface area contributed by atoms with E-state index in [1.165, 1.54) is 0 Å². The molecule has 4 heterocycles. The van der Waals surface area contributed by atoms with Gasteiger partial charge in [0.1, 0.15) is 17.0 Å². The smallest absolute Gasteiger partial charge is 0.262 e. The lowest BCUT2D eigenvalue weighted by Gasteiger charge is -2.34. The molecular formula is C18H20N6O2. The van der Waals surface area contributed by atoms with Crippen molar-refractivity contribution in [3.05, 3.63) is 46.7 Å². The first-order valence-corrected chi connectivity index (χ1v) is 9.13. The molecule has 26 heavy (non-hydrogen) atoms. The van der Waals surface area contributed by atoms with Crippen molar-refractivity contribution >= 4 is 11.0 Å². The number of ether oxygens (including phenoxy) is 1. The molecule has 2 fully saturated rings. The molecule has 2 atom stereocenters. The Morgan fingerprint density at radius 1 is 1.08 bits per heavy atom. The topological polar surface area (TPSA) is 98.6 Å². The number of aromatic nitrogens is 6. The molecule has 8 heteroatoms. The third-order valence-corrected chi connectivity index (χ3v) is 5.56. The van der Waals surface area contributed by atoms with E-state index in [1.54, 1.807) is 18.6 Å². The summed E-state index contributed by atoms with van der Waals surface area (Å²) in [5.41, 5.74) is 0.554. The van der Waals surface area contributed by atoms with Crippen molar-refractivity contribution in [2.45, 2.75) is 43.6 Å². The molecule has 2 aliphatic rings. The molecule has 8 nitrogen and oxygen atoms in total. The lowest BCUT2D eigenvalue weighted by Crippen LogP contribution is -2.28. The number of nitrogens with one attached hydrogen (secondary N) is 1. The lowest BCUT2D eigenvalue weighted by molar-refractivity contribution is 0.0673. The van der Waals surface area contributed by atoms with Gasteiger partial charge in [-0.3, -0.25) is 4.79 Å². The molecule has 134 valence electrons. The molecular weight excluding hydrogens is 332 g/mol. The molecule has 0 aromatic carbocycles. The van der Waals surface area contributed by atoms with Crippen molar-refractivity contribution < 1.29 is 4.74 Å². The predicted octanol–water partition coefficient (Wildman–Crippen LogP) is 1.92. The van der Waals surface area contributed by atoms with Gasteiger partial charge in [-0.1, -0.05) is 0 Å². The average Bonchev–Trinajstić information content (AvgIpc) is 3.07. The van der Waals surface area contributed by atoms with Crippen LogP contribution in [0.25, 0.3) is 11.0 Å². The van der Waals surface area contributed by atoms with Crippen LogP contribution < -0.4 is 5.56 Å². The standard InChI is InChI=1S/C18H20N6O2/c25-18-14-10-21-24(11-4-8-26-9-5-11)17(14)22-16(23-18)13-3-2-12(13)15-19-6-1-7-20-15/h1,6-7,10-13H,2-5,8-9H2,(H,22,23,25)/t12-,13+/m1/s1. The maximum absolute atomic E-state index is 12.6. The van der Waals surface area contributed by atoms with Gasteiger partial charge in [0.2, 0.25) is 0 Å². The van der Waals surface area contributed by atoms with Crippen LogP contribution in [0.1, 0.15) is 55.2 Å². The van der Waals surface area contributed by atoms with Crippen LogP contribution in [0, 0.1) is 0 Å². The van der Waals surface area contributed by atoms with Gasteiger partial charge < -0.3 is 9.72 Å². The highest BCUT2D eigenvalue weighted by Gasteiger charge is 2.37. The fourth-order valence-corrected chi connectivity index (χ4v) is 3.96. The Bertz CT molecular complexity index is 976. The lowest BCUT2D eigenvalue weighted by atomic mass is 9.72. The SMILES string of the molecule is O=c1[nH]c([C@H]2CC[C@H]2c2ncccn2)nc2c1cnn2C1CCOCC1. The summed E-state index contributed by atoms with van der Waals surface area (Å²) in [4.78, 5) is 29.1. The zero-order valence-corrected chi connectivity index (χ0v) is 14.3. The summed E-state index contributed by atoms with van der Waals surface area (Å²) in [6, 6.07) is 2.05. The van der Waals surface area contributed by atoms with Gasteiger partial charge in [0.15, 0.2) is 5.65 Å². The van der Waals surface area contributed by atoms with E-state index in [9.17, 15) is 4.79 Å². The second-order valence-electron chi connectivity index (χ2n) is 7.02. The minimum Gasteiger partial charge on any atom is -0.381 e. The van der Waals surface area contributed by atoms with Gasteiger partial charge in [-0.2, -0.15) is 5.10 Å². The van der Waals surface area contributed by atoms with Crippen LogP contribution in [0.4, 0.5) is 0 Å². The molecule has 3 aromatic heterocycles. The normalized spacial score (nSPS) is 23.8. The third kappa shape index (κ3) is 2.52. The van der Waals surface area contributed by atoms with Gasteiger partial charge in [-0.05, 0) is 31.7 Å². The van der Waals surface area contributed by atoms with Crippen molar-refractivity contribution in [3.8, 4) is 0 Å². The highest BCUT2D eigenvalue weighted by atomic mass is 16.5. The van der Waals surface area contributed by atoms with Crippen LogP contribution in [0.2, 0.25) is 0 Å². The van der Waals surface area contributed by atoms with Gasteiger partial charge in [0, 0.05) is 37.4 Å². The van der Waals surface area contributed by atoms with E-state index in [0.717, 1.165) is 50.5 Å². The zero-order valence-electron chi connectivity index (χ0n) is 14.3. The van der Waals surface area contributed by atoms with E-state index in [2.05, 4.69) is 20.1 Å². The summed E-state index contributed by atoms with van der Waals surface area (Å²) in [5.74, 6) is 1.90. The average molecular weight is 352 g/mol. The fraction of sp³-hybridized carbons (Fsp3) is 0.500. The summed E-state index contributed by atoms with van der Waals surface area (Å²) in [6.45, 7) is 1.44. The quantitative estimate of drug-likeness (QED) is 0.773. The second-order valence-corrected chi connectivity index (χ2v) is 7.02. The first kappa shape index (κ1) is 15.6. The van der Waals surface area contributed by atoms with Gasteiger partial charge in [-0.25, -0.2) is 19.6 Å². The van der Waals surface area contributed by atoms with Crippen LogP contribution in [0.15, 0.2) is 29.5 Å². The molecule has 0 radical (unpaired) electrons. The molecule has 3 aromatic rings. The summed E-state index contributed by atoms with van der Waals surface area (Å²) >= 11 is 0. The van der Waals surface area contributed by atoms with E-state index in [4.69, 9.17) is 9.72 Å². The Balaban J connectivity index is 1.53. The first-order chi connectivity index (χ1) is 12.8. The number of aromatic amines is 1. The van der Waals surface area contributed by atoms with Gasteiger partial charge in [0.25, 0.3) is 5.56 Å². The van der Waals surface area contributed by atoms with Crippen molar-refractivity contribution in [1.82, 2.24) is 29.7 Å². The molecule has 1 aliphatic carbocycles. The third-order valence-electron chi connectivity index (χ3n) is 5.56. The molecule has 1 N–H and O–H groups in total. The minimum atomic E-state index is -0.122. The van der Waals surface area contributed by atoms with E-state index >= 15 is 0 Å². The highest BCUT2D eigenvalue weighted by Crippen LogP contribution is 2.46. The second kappa shape index (κ2) is 6.28. The molecule has 1 saturated carbocycles. The Morgan fingerprint density at radius 3 is 2.58 bits per heavy atom. The van der Waals surface area contributed by atoms with Crippen LogP contribution in [0.3, 0.4) is 0 Å². The number of hydrogen-bond donors (Lipinski definition) is 1. The Hall–Kier alpha value is -2.61. The molecule has 0 spiro atoms. The van der Waals surface area contributed by atoms with Gasteiger partial charge in [-0.15, -0.1) is 0 Å². The maximum Gasteiger partial charge on any atom is 0.262 e. The van der Waals surface area contributed by atoms with Crippen molar-refractivity contribution in [2.75, 3.05) is 13.2 Å². The molecule has 1 aliphatic heterocycles. The molecule has 1 saturated heterocycles. The molecule has 5 rings (SSSR count). The number of rotatable bonds is 3. The summed E-state index contributed by atoms with van der Waals surface area (Å²) < 4.78 is 7.35. The van der Waals surface area contributed by atoms with Crippen LogP contribution in [-0.4, -0.2) is 42.9 Å². The van der Waals surface area contributed by atoms with Crippen LogP contribution in [0.5, 0.6) is 0 Å². The summed E-state index contributed by atoms with van der Waals surface area (Å²) in [7, 11) is 0. The fourth-order valence-electron chi connectivity index (χ4n) is 3.96. The van der Waals surface area contributed by atoms with Gasteiger partial charge >= 0.3 is 0 Å². The van der Waals surface area contributed by atoms with Crippen molar-refractivity contribution in [2.24, 2.45) is 0 Å². The largest absolute Gasteiger partial charge is 0.381 e. The monoisotopic (exact) mass is 352 g/mol. The van der Waals surface area contributed by atoms with E-state index in [0.29, 0.717) is 11.0 Å². The van der Waals surface area contributed by atoms with Gasteiger partial charge in [0.05, 0.1) is 12.2 Å². The van der Waals surface area contributed by atoms with Crippen molar-refractivity contribution in [1.29, 1.82) is 0 Å². The Morgan fingerprint density at radius 2 is 1.85 bits per heavy atom. The van der Waals surface area contributed by atoms with E-state index < -0.39 is 0 Å². The number of nitrogens with zero attached hydrogens (tertiary/aromatic N) is 5. The van der Waals surface area contributed by atoms with Crippen molar-refractivity contribution in [3.63, 3.8) is 0 Å². The maximum atomic E-state index is 12.6. The molecule has 0 unspecified atom stereocenters. The first-order valence-electron chi connectivity index (χ1n) is 9.13. The predicted molar refractivity (Wildman–Crippen MR) is 94.0 cm³/mol. The number of hydrogen-bond acceptors (Lipinski definition) is 6. The molecule has 0 amide bonds. The van der Waals surface area contributed by atoms with Crippen LogP contribution in [-0.2, 0) is 4.74 Å². The number of fused-ring (bicyclic) bond motifs is 1. The number of H-pyrrole nitrogens is 1. The minimum absolute atomic E-state index is 0.122. The zero-order chi connectivity index (χ0) is 17.5. The summed E-state index contributed by atoms with van der Waals surface area (Å²) in [6.07, 6.45) is 8.92. The molecule has 0 bridgehead atoms.